The summed E-state index contributed by atoms with van der Waals surface area (Å²) in [6, 6.07) is 6.29. The Hall–Kier alpha value is -2.55. The third kappa shape index (κ3) is 3.90. The lowest BCUT2D eigenvalue weighted by molar-refractivity contribution is -0.123. The van der Waals surface area contributed by atoms with Gasteiger partial charge in [0.1, 0.15) is 0 Å². The number of carbonyl (C=O) groups excluding carboxylic acids is 2. The SMILES string of the molecule is CCOc1cc(C=C2SC(=O)N(Cc3cc4c(cc3Cl)OCO4)C2=O)cc(Cl)c1O. The molecular weight excluding hydrogens is 453 g/mol. The van der Waals surface area contributed by atoms with E-state index >= 15 is 0 Å². The summed E-state index contributed by atoms with van der Waals surface area (Å²) in [6.45, 7) is 2.20. The summed E-state index contributed by atoms with van der Waals surface area (Å²) in [4.78, 5) is 26.6. The van der Waals surface area contributed by atoms with Gasteiger partial charge in [0.2, 0.25) is 6.79 Å². The van der Waals surface area contributed by atoms with E-state index < -0.39 is 11.1 Å². The van der Waals surface area contributed by atoms with E-state index in [9.17, 15) is 14.7 Å². The molecule has 2 heterocycles. The van der Waals surface area contributed by atoms with Gasteiger partial charge in [-0.3, -0.25) is 14.5 Å². The smallest absolute Gasteiger partial charge is 0.293 e. The minimum Gasteiger partial charge on any atom is -0.503 e. The number of thioether (sulfide) groups is 1. The third-order valence-electron chi connectivity index (χ3n) is 4.39. The van der Waals surface area contributed by atoms with Crippen molar-refractivity contribution in [2.45, 2.75) is 13.5 Å². The Labute approximate surface area is 186 Å². The number of imide groups is 1. The van der Waals surface area contributed by atoms with Gasteiger partial charge in [-0.15, -0.1) is 0 Å². The molecule has 2 amide bonds. The summed E-state index contributed by atoms with van der Waals surface area (Å²) in [5.74, 6) is 0.593. The van der Waals surface area contributed by atoms with Crippen molar-refractivity contribution < 1.29 is 28.9 Å². The van der Waals surface area contributed by atoms with E-state index in [2.05, 4.69) is 0 Å². The number of ether oxygens (including phenoxy) is 3. The maximum absolute atomic E-state index is 12.8. The van der Waals surface area contributed by atoms with Gasteiger partial charge in [-0.05, 0) is 54.1 Å². The van der Waals surface area contributed by atoms with Crippen molar-refractivity contribution in [3.05, 3.63) is 50.3 Å². The van der Waals surface area contributed by atoms with E-state index in [4.69, 9.17) is 37.4 Å². The Kier molecular flexibility index (Phi) is 5.73. The average Bonchev–Trinajstić information content (AvgIpc) is 3.25. The van der Waals surface area contributed by atoms with Crippen LogP contribution in [-0.4, -0.2) is 34.6 Å². The fourth-order valence-corrected chi connectivity index (χ4v) is 4.25. The summed E-state index contributed by atoms with van der Waals surface area (Å²) in [5, 5.41) is 9.99. The van der Waals surface area contributed by atoms with Gasteiger partial charge in [0.05, 0.1) is 23.1 Å². The molecule has 1 N–H and O–H groups in total. The van der Waals surface area contributed by atoms with Crippen LogP contribution >= 0.6 is 35.0 Å². The van der Waals surface area contributed by atoms with Crippen molar-refractivity contribution >= 4 is 52.2 Å². The third-order valence-corrected chi connectivity index (χ3v) is 5.94. The molecule has 30 heavy (non-hydrogen) atoms. The molecule has 0 radical (unpaired) electrons. The van der Waals surface area contributed by atoms with Crippen LogP contribution in [0, 0.1) is 0 Å². The van der Waals surface area contributed by atoms with Crippen LogP contribution in [0.4, 0.5) is 4.79 Å². The van der Waals surface area contributed by atoms with Crippen molar-refractivity contribution in [3.63, 3.8) is 0 Å². The topological polar surface area (TPSA) is 85.3 Å². The monoisotopic (exact) mass is 467 g/mol. The van der Waals surface area contributed by atoms with Gasteiger partial charge < -0.3 is 19.3 Å². The second-order valence-corrected chi connectivity index (χ2v) is 8.15. The molecule has 10 heteroatoms. The largest absolute Gasteiger partial charge is 0.503 e. The molecule has 0 spiro atoms. The molecule has 0 bridgehead atoms. The van der Waals surface area contributed by atoms with E-state index in [1.54, 1.807) is 25.1 Å². The van der Waals surface area contributed by atoms with Crippen molar-refractivity contribution in [3.8, 4) is 23.0 Å². The van der Waals surface area contributed by atoms with Crippen LogP contribution in [0.3, 0.4) is 0 Å². The first-order valence-corrected chi connectivity index (χ1v) is 10.4. The Morgan fingerprint density at radius 1 is 1.17 bits per heavy atom. The van der Waals surface area contributed by atoms with Gasteiger partial charge in [-0.1, -0.05) is 23.2 Å². The number of amides is 2. The summed E-state index contributed by atoms with van der Waals surface area (Å²) in [6.07, 6.45) is 1.53. The van der Waals surface area contributed by atoms with E-state index in [0.717, 1.165) is 16.7 Å². The fraction of sp³-hybridized carbons (Fsp3) is 0.200. The van der Waals surface area contributed by atoms with Crippen molar-refractivity contribution in [2.24, 2.45) is 0 Å². The number of carbonyl (C=O) groups is 2. The Morgan fingerprint density at radius 2 is 1.90 bits per heavy atom. The van der Waals surface area contributed by atoms with E-state index in [0.29, 0.717) is 34.3 Å². The maximum atomic E-state index is 12.8. The van der Waals surface area contributed by atoms with Gasteiger partial charge in [-0.25, -0.2) is 0 Å². The molecule has 1 saturated heterocycles. The summed E-state index contributed by atoms with van der Waals surface area (Å²) >= 11 is 13.1. The van der Waals surface area contributed by atoms with Gasteiger partial charge in [-0.2, -0.15) is 0 Å². The number of fused-ring (bicyclic) bond motifs is 1. The molecule has 156 valence electrons. The van der Waals surface area contributed by atoms with Gasteiger partial charge in [0.15, 0.2) is 23.0 Å². The lowest BCUT2D eigenvalue weighted by Gasteiger charge is -2.14. The lowest BCUT2D eigenvalue weighted by Crippen LogP contribution is -2.27. The predicted molar refractivity (Wildman–Crippen MR) is 113 cm³/mol. The zero-order chi connectivity index (χ0) is 21.4. The Balaban J connectivity index is 1.59. The first-order valence-electron chi connectivity index (χ1n) is 8.86. The highest BCUT2D eigenvalue weighted by Crippen LogP contribution is 2.40. The zero-order valence-corrected chi connectivity index (χ0v) is 17.9. The predicted octanol–water partition coefficient (Wildman–Crippen LogP) is 5.06. The standard InChI is InChI=1S/C20H15Cl2NO6S/c1-2-27-16-4-10(3-13(22)18(16)24)5-17-19(25)23(20(26)30-17)8-11-6-14-15(7-12(11)21)29-9-28-14/h3-7,24H,2,8-9H2,1H3. The number of rotatable bonds is 5. The number of nitrogens with zero attached hydrogens (tertiary/aromatic N) is 1. The normalized spacial score (nSPS) is 16.6. The maximum Gasteiger partial charge on any atom is 0.293 e. The second-order valence-electron chi connectivity index (χ2n) is 6.35. The van der Waals surface area contributed by atoms with Crippen molar-refractivity contribution in [1.29, 1.82) is 0 Å². The van der Waals surface area contributed by atoms with Crippen LogP contribution in [0.5, 0.6) is 23.0 Å². The Bertz CT molecular complexity index is 1090. The van der Waals surface area contributed by atoms with Crippen LogP contribution in [0.15, 0.2) is 29.2 Å². The van der Waals surface area contributed by atoms with E-state index in [1.165, 1.54) is 12.1 Å². The highest BCUT2D eigenvalue weighted by atomic mass is 35.5. The summed E-state index contributed by atoms with van der Waals surface area (Å²) in [5.41, 5.74) is 1.09. The minimum atomic E-state index is -0.458. The quantitative estimate of drug-likeness (QED) is 0.614. The van der Waals surface area contributed by atoms with Gasteiger partial charge >= 0.3 is 0 Å². The van der Waals surface area contributed by atoms with Crippen LogP contribution in [0.1, 0.15) is 18.1 Å². The highest BCUT2D eigenvalue weighted by Gasteiger charge is 2.36. The molecule has 0 aromatic heterocycles. The Morgan fingerprint density at radius 3 is 2.63 bits per heavy atom. The molecule has 2 aliphatic heterocycles. The van der Waals surface area contributed by atoms with E-state index in [1.807, 2.05) is 0 Å². The number of phenolic OH excluding ortho intramolecular Hbond substituents is 1. The molecule has 1 fully saturated rings. The lowest BCUT2D eigenvalue weighted by atomic mass is 10.1. The minimum absolute atomic E-state index is 0.00197. The van der Waals surface area contributed by atoms with Crippen molar-refractivity contribution in [1.82, 2.24) is 4.90 Å². The zero-order valence-electron chi connectivity index (χ0n) is 15.6. The van der Waals surface area contributed by atoms with Crippen LogP contribution in [-0.2, 0) is 11.3 Å². The molecular formula is C20H15Cl2NO6S. The number of hydrogen-bond acceptors (Lipinski definition) is 7. The van der Waals surface area contributed by atoms with Gasteiger partial charge in [0, 0.05) is 11.1 Å². The molecule has 0 unspecified atom stereocenters. The van der Waals surface area contributed by atoms with Crippen molar-refractivity contribution in [2.75, 3.05) is 13.4 Å². The first-order chi connectivity index (χ1) is 14.4. The number of benzene rings is 2. The molecule has 0 atom stereocenters. The molecule has 4 rings (SSSR count). The number of halogens is 2. The number of phenols is 1. The molecule has 2 aliphatic rings. The van der Waals surface area contributed by atoms with Crippen LogP contribution in [0.2, 0.25) is 10.0 Å². The van der Waals surface area contributed by atoms with Crippen LogP contribution < -0.4 is 14.2 Å². The molecule has 2 aromatic rings. The number of aromatic hydroxyl groups is 1. The average molecular weight is 468 g/mol. The summed E-state index contributed by atoms with van der Waals surface area (Å²) < 4.78 is 16.0. The first kappa shape index (κ1) is 20.7. The second kappa shape index (κ2) is 8.29. The van der Waals surface area contributed by atoms with Gasteiger partial charge in [0.25, 0.3) is 11.1 Å². The highest BCUT2D eigenvalue weighted by molar-refractivity contribution is 8.18. The number of hydrogen-bond donors (Lipinski definition) is 1. The fourth-order valence-electron chi connectivity index (χ4n) is 2.98. The molecule has 2 aromatic carbocycles. The van der Waals surface area contributed by atoms with Crippen LogP contribution in [0.25, 0.3) is 6.08 Å². The molecule has 7 nitrogen and oxygen atoms in total. The van der Waals surface area contributed by atoms with E-state index in [-0.39, 0.29) is 34.8 Å². The molecule has 0 saturated carbocycles. The summed E-state index contributed by atoms with van der Waals surface area (Å²) in [7, 11) is 0. The molecule has 0 aliphatic carbocycles.